The van der Waals surface area contributed by atoms with E-state index in [1.54, 1.807) is 0 Å². The number of aliphatic hydroxyl groups is 1. The van der Waals surface area contributed by atoms with Crippen molar-refractivity contribution in [3.8, 4) is 5.69 Å². The molecule has 1 heterocycles. The molecule has 0 saturated carbocycles. The molecule has 1 aromatic heterocycles. The highest BCUT2D eigenvalue weighted by atomic mass is 16.3. The van der Waals surface area contributed by atoms with E-state index in [0.717, 1.165) is 12.1 Å². The number of aryl methyl sites for hydroxylation is 1. The van der Waals surface area contributed by atoms with Crippen molar-refractivity contribution in [2.24, 2.45) is 0 Å². The fourth-order valence-electron chi connectivity index (χ4n) is 1.61. The van der Waals surface area contributed by atoms with Gasteiger partial charge in [-0.2, -0.15) is 5.10 Å². The summed E-state index contributed by atoms with van der Waals surface area (Å²) in [5.74, 6) is 0. The van der Waals surface area contributed by atoms with Gasteiger partial charge in [-0.3, -0.25) is 0 Å². The first-order valence-corrected chi connectivity index (χ1v) is 5.09. The van der Waals surface area contributed by atoms with Crippen molar-refractivity contribution in [2.45, 2.75) is 20.0 Å². The SMILES string of the molecule is CCc1ccccc1-n1ccc(CO)n1. The number of nitrogens with zero attached hydrogens (tertiary/aromatic N) is 2. The average Bonchev–Trinajstić information content (AvgIpc) is 2.77. The minimum atomic E-state index is -0.0126. The number of aliphatic hydroxyl groups excluding tert-OH is 1. The van der Waals surface area contributed by atoms with E-state index in [0.29, 0.717) is 5.69 Å². The lowest BCUT2D eigenvalue weighted by atomic mass is 10.1. The second-order valence-corrected chi connectivity index (χ2v) is 3.39. The van der Waals surface area contributed by atoms with E-state index < -0.39 is 0 Å². The Hall–Kier alpha value is -1.61. The van der Waals surface area contributed by atoms with E-state index in [1.807, 2.05) is 35.1 Å². The van der Waals surface area contributed by atoms with E-state index in [-0.39, 0.29) is 6.61 Å². The van der Waals surface area contributed by atoms with Crippen LogP contribution in [0.1, 0.15) is 18.2 Å². The van der Waals surface area contributed by atoms with Gasteiger partial charge in [-0.25, -0.2) is 4.68 Å². The van der Waals surface area contributed by atoms with Crippen LogP contribution in [0.4, 0.5) is 0 Å². The number of para-hydroxylation sites is 1. The second-order valence-electron chi connectivity index (χ2n) is 3.39. The van der Waals surface area contributed by atoms with Gasteiger partial charge in [0.2, 0.25) is 0 Å². The van der Waals surface area contributed by atoms with Gasteiger partial charge in [-0.05, 0) is 24.1 Å². The Morgan fingerprint density at radius 1 is 1.27 bits per heavy atom. The molecule has 3 heteroatoms. The molecule has 78 valence electrons. The Morgan fingerprint density at radius 3 is 2.73 bits per heavy atom. The maximum absolute atomic E-state index is 8.95. The van der Waals surface area contributed by atoms with Crippen molar-refractivity contribution in [3.63, 3.8) is 0 Å². The van der Waals surface area contributed by atoms with Gasteiger partial charge >= 0.3 is 0 Å². The summed E-state index contributed by atoms with van der Waals surface area (Å²) >= 11 is 0. The van der Waals surface area contributed by atoms with E-state index in [9.17, 15) is 0 Å². The lowest BCUT2D eigenvalue weighted by Crippen LogP contribution is -2.00. The van der Waals surface area contributed by atoms with Crippen LogP contribution < -0.4 is 0 Å². The smallest absolute Gasteiger partial charge is 0.0883 e. The predicted octanol–water partition coefficient (Wildman–Crippen LogP) is 1.93. The molecular formula is C12H14N2O. The van der Waals surface area contributed by atoms with E-state index in [4.69, 9.17) is 5.11 Å². The Labute approximate surface area is 89.0 Å². The fraction of sp³-hybridized carbons (Fsp3) is 0.250. The predicted molar refractivity (Wildman–Crippen MR) is 58.9 cm³/mol. The number of benzene rings is 1. The molecule has 0 aliphatic carbocycles. The van der Waals surface area contributed by atoms with Crippen molar-refractivity contribution >= 4 is 0 Å². The van der Waals surface area contributed by atoms with Crippen LogP contribution in [-0.4, -0.2) is 14.9 Å². The summed E-state index contributed by atoms with van der Waals surface area (Å²) in [4.78, 5) is 0. The summed E-state index contributed by atoms with van der Waals surface area (Å²) in [6.07, 6.45) is 2.85. The fourth-order valence-corrected chi connectivity index (χ4v) is 1.61. The van der Waals surface area contributed by atoms with Crippen LogP contribution in [0.2, 0.25) is 0 Å². The van der Waals surface area contributed by atoms with Gasteiger partial charge in [-0.15, -0.1) is 0 Å². The highest BCUT2D eigenvalue weighted by molar-refractivity contribution is 5.40. The largest absolute Gasteiger partial charge is 0.390 e. The molecule has 0 aliphatic heterocycles. The molecule has 0 aliphatic rings. The van der Waals surface area contributed by atoms with Crippen molar-refractivity contribution in [2.75, 3.05) is 0 Å². The molecule has 0 spiro atoms. The van der Waals surface area contributed by atoms with Gasteiger partial charge < -0.3 is 5.11 Å². The average molecular weight is 202 g/mol. The molecule has 0 atom stereocenters. The van der Waals surface area contributed by atoms with Gasteiger partial charge in [0.1, 0.15) is 0 Å². The highest BCUT2D eigenvalue weighted by Gasteiger charge is 2.03. The topological polar surface area (TPSA) is 38.0 Å². The summed E-state index contributed by atoms with van der Waals surface area (Å²) in [6, 6.07) is 9.97. The van der Waals surface area contributed by atoms with Gasteiger partial charge in [0.15, 0.2) is 0 Å². The summed E-state index contributed by atoms with van der Waals surface area (Å²) in [6.45, 7) is 2.11. The van der Waals surface area contributed by atoms with Crippen LogP contribution in [0.25, 0.3) is 5.69 Å². The van der Waals surface area contributed by atoms with Crippen molar-refractivity contribution in [3.05, 3.63) is 47.8 Å². The second kappa shape index (κ2) is 4.28. The minimum absolute atomic E-state index is 0.0126. The lowest BCUT2D eigenvalue weighted by Gasteiger charge is -2.06. The summed E-state index contributed by atoms with van der Waals surface area (Å²) < 4.78 is 1.81. The Kier molecular flexibility index (Phi) is 2.83. The molecular weight excluding hydrogens is 188 g/mol. The third-order valence-corrected chi connectivity index (χ3v) is 2.43. The molecule has 3 nitrogen and oxygen atoms in total. The molecule has 0 unspecified atom stereocenters. The molecule has 0 fully saturated rings. The molecule has 0 amide bonds. The summed E-state index contributed by atoms with van der Waals surface area (Å²) in [5.41, 5.74) is 3.03. The monoisotopic (exact) mass is 202 g/mol. The normalized spacial score (nSPS) is 10.5. The molecule has 0 radical (unpaired) electrons. The molecule has 15 heavy (non-hydrogen) atoms. The zero-order chi connectivity index (χ0) is 10.7. The van der Waals surface area contributed by atoms with E-state index >= 15 is 0 Å². The van der Waals surface area contributed by atoms with E-state index in [1.165, 1.54) is 5.56 Å². The van der Waals surface area contributed by atoms with Gasteiger partial charge in [0.05, 0.1) is 18.0 Å². The van der Waals surface area contributed by atoms with Crippen LogP contribution in [0.3, 0.4) is 0 Å². The number of rotatable bonds is 3. The van der Waals surface area contributed by atoms with Crippen LogP contribution in [0, 0.1) is 0 Å². The van der Waals surface area contributed by atoms with Crippen LogP contribution in [0.5, 0.6) is 0 Å². The molecule has 1 aromatic carbocycles. The quantitative estimate of drug-likeness (QED) is 0.825. The van der Waals surface area contributed by atoms with Crippen LogP contribution >= 0.6 is 0 Å². The maximum atomic E-state index is 8.95. The first-order valence-electron chi connectivity index (χ1n) is 5.09. The Bertz CT molecular complexity index is 448. The Morgan fingerprint density at radius 2 is 2.07 bits per heavy atom. The highest BCUT2D eigenvalue weighted by Crippen LogP contribution is 2.14. The molecule has 2 rings (SSSR count). The van der Waals surface area contributed by atoms with Crippen LogP contribution in [-0.2, 0) is 13.0 Å². The summed E-state index contributed by atoms with van der Waals surface area (Å²) in [5, 5.41) is 13.2. The Balaban J connectivity index is 2.44. The van der Waals surface area contributed by atoms with Crippen molar-refractivity contribution in [1.29, 1.82) is 0 Å². The zero-order valence-corrected chi connectivity index (χ0v) is 8.72. The first kappa shape index (κ1) is 9.93. The third kappa shape index (κ3) is 1.92. The molecule has 0 bridgehead atoms. The zero-order valence-electron chi connectivity index (χ0n) is 8.72. The molecule has 0 saturated heterocycles. The van der Waals surface area contributed by atoms with Gasteiger partial charge in [-0.1, -0.05) is 25.1 Å². The third-order valence-electron chi connectivity index (χ3n) is 2.43. The van der Waals surface area contributed by atoms with Gasteiger partial charge in [0, 0.05) is 6.20 Å². The lowest BCUT2D eigenvalue weighted by molar-refractivity contribution is 0.276. The van der Waals surface area contributed by atoms with Crippen molar-refractivity contribution in [1.82, 2.24) is 9.78 Å². The van der Waals surface area contributed by atoms with E-state index in [2.05, 4.69) is 18.1 Å². The van der Waals surface area contributed by atoms with Gasteiger partial charge in [0.25, 0.3) is 0 Å². The number of hydrogen-bond acceptors (Lipinski definition) is 2. The number of hydrogen-bond donors (Lipinski definition) is 1. The summed E-state index contributed by atoms with van der Waals surface area (Å²) in [7, 11) is 0. The maximum Gasteiger partial charge on any atom is 0.0883 e. The molecule has 1 N–H and O–H groups in total. The minimum Gasteiger partial charge on any atom is -0.390 e. The first-order chi connectivity index (χ1) is 7.35. The standard InChI is InChI=1S/C12H14N2O/c1-2-10-5-3-4-6-12(10)14-8-7-11(9-15)13-14/h3-8,15H,2,9H2,1H3. The van der Waals surface area contributed by atoms with Crippen LogP contribution in [0.15, 0.2) is 36.5 Å². The number of aromatic nitrogens is 2. The molecule has 2 aromatic rings. The van der Waals surface area contributed by atoms with Crippen molar-refractivity contribution < 1.29 is 5.11 Å².